The summed E-state index contributed by atoms with van der Waals surface area (Å²) in [5, 5.41) is 0. The molecular formula is C16H26N2. The predicted molar refractivity (Wildman–Crippen MR) is 79.0 cm³/mol. The van der Waals surface area contributed by atoms with Gasteiger partial charge in [0.05, 0.1) is 0 Å². The highest BCUT2D eigenvalue weighted by Crippen LogP contribution is 2.28. The Hall–Kier alpha value is -1.02. The van der Waals surface area contributed by atoms with Gasteiger partial charge in [-0.2, -0.15) is 0 Å². The zero-order valence-corrected chi connectivity index (χ0v) is 11.8. The Morgan fingerprint density at radius 2 is 1.94 bits per heavy atom. The molecule has 1 saturated carbocycles. The van der Waals surface area contributed by atoms with Crippen LogP contribution in [0.2, 0.25) is 0 Å². The van der Waals surface area contributed by atoms with Crippen molar-refractivity contribution in [2.45, 2.75) is 58.5 Å². The summed E-state index contributed by atoms with van der Waals surface area (Å²) in [4.78, 5) is 2.58. The van der Waals surface area contributed by atoms with E-state index in [0.717, 1.165) is 12.6 Å². The summed E-state index contributed by atoms with van der Waals surface area (Å²) in [5.41, 5.74) is 9.70. The van der Waals surface area contributed by atoms with Crippen LogP contribution in [-0.2, 0) is 6.54 Å². The van der Waals surface area contributed by atoms with Gasteiger partial charge in [0.1, 0.15) is 0 Å². The molecule has 0 unspecified atom stereocenters. The number of hydrogen-bond donors (Lipinski definition) is 1. The maximum Gasteiger partial charge on any atom is 0.0371 e. The van der Waals surface area contributed by atoms with E-state index in [1.165, 1.54) is 48.9 Å². The van der Waals surface area contributed by atoms with E-state index in [1.807, 2.05) is 0 Å². The molecule has 1 fully saturated rings. The monoisotopic (exact) mass is 246 g/mol. The summed E-state index contributed by atoms with van der Waals surface area (Å²) in [6, 6.07) is 7.48. The van der Waals surface area contributed by atoms with Gasteiger partial charge in [0.25, 0.3) is 0 Å². The molecule has 0 aromatic heterocycles. The summed E-state index contributed by atoms with van der Waals surface area (Å²) in [6.45, 7) is 6.18. The van der Waals surface area contributed by atoms with Crippen molar-refractivity contribution < 1.29 is 0 Å². The van der Waals surface area contributed by atoms with E-state index in [0.29, 0.717) is 6.54 Å². The van der Waals surface area contributed by atoms with E-state index < -0.39 is 0 Å². The van der Waals surface area contributed by atoms with Gasteiger partial charge >= 0.3 is 0 Å². The summed E-state index contributed by atoms with van der Waals surface area (Å²) in [5.74, 6) is 0. The number of aryl methyl sites for hydroxylation is 1. The normalized spacial score (nSPS) is 16.8. The minimum Gasteiger partial charge on any atom is -0.369 e. The molecular weight excluding hydrogens is 220 g/mol. The topological polar surface area (TPSA) is 29.3 Å². The molecule has 100 valence electrons. The lowest BCUT2D eigenvalue weighted by Gasteiger charge is -2.35. The van der Waals surface area contributed by atoms with Crippen LogP contribution in [0.25, 0.3) is 0 Å². The highest BCUT2D eigenvalue weighted by Gasteiger charge is 2.20. The zero-order valence-electron chi connectivity index (χ0n) is 11.8. The lowest BCUT2D eigenvalue weighted by Crippen LogP contribution is -2.36. The van der Waals surface area contributed by atoms with Crippen LogP contribution in [-0.4, -0.2) is 12.6 Å². The van der Waals surface area contributed by atoms with Gasteiger partial charge in [0, 0.05) is 24.8 Å². The van der Waals surface area contributed by atoms with Crippen LogP contribution in [0.15, 0.2) is 18.2 Å². The molecule has 1 aliphatic rings. The standard InChI is InChI=1S/C16H26N2/c1-3-18(15-7-5-4-6-8-15)16-10-9-14(12-17)13(2)11-16/h9-11,15H,3-8,12,17H2,1-2H3. The molecule has 1 aromatic carbocycles. The second-order valence-electron chi connectivity index (χ2n) is 5.39. The van der Waals surface area contributed by atoms with Gasteiger partial charge in [0.15, 0.2) is 0 Å². The molecule has 1 aromatic rings. The second-order valence-corrected chi connectivity index (χ2v) is 5.39. The fourth-order valence-electron chi connectivity index (χ4n) is 3.13. The highest BCUT2D eigenvalue weighted by atomic mass is 15.2. The van der Waals surface area contributed by atoms with Crippen LogP contribution in [0, 0.1) is 6.92 Å². The van der Waals surface area contributed by atoms with E-state index >= 15 is 0 Å². The van der Waals surface area contributed by atoms with Gasteiger partial charge in [-0.15, -0.1) is 0 Å². The Bertz CT molecular complexity index is 381. The molecule has 2 rings (SSSR count). The SMILES string of the molecule is CCN(c1ccc(CN)c(C)c1)C1CCCCC1. The maximum atomic E-state index is 5.74. The summed E-state index contributed by atoms with van der Waals surface area (Å²) in [7, 11) is 0. The Kier molecular flexibility index (Phi) is 4.65. The fraction of sp³-hybridized carbons (Fsp3) is 0.625. The van der Waals surface area contributed by atoms with Crippen LogP contribution < -0.4 is 10.6 Å². The van der Waals surface area contributed by atoms with Crippen molar-refractivity contribution in [3.05, 3.63) is 29.3 Å². The largest absolute Gasteiger partial charge is 0.369 e. The van der Waals surface area contributed by atoms with Crippen molar-refractivity contribution in [1.29, 1.82) is 0 Å². The van der Waals surface area contributed by atoms with Crippen molar-refractivity contribution in [3.8, 4) is 0 Å². The molecule has 2 N–H and O–H groups in total. The Morgan fingerprint density at radius 1 is 1.22 bits per heavy atom. The number of nitrogens with two attached hydrogens (primary N) is 1. The number of anilines is 1. The minimum atomic E-state index is 0.641. The van der Waals surface area contributed by atoms with Crippen molar-refractivity contribution in [2.75, 3.05) is 11.4 Å². The van der Waals surface area contributed by atoms with Gasteiger partial charge < -0.3 is 10.6 Å². The first-order chi connectivity index (χ1) is 8.76. The van der Waals surface area contributed by atoms with Gasteiger partial charge in [-0.25, -0.2) is 0 Å². The molecule has 2 heteroatoms. The van der Waals surface area contributed by atoms with E-state index in [1.54, 1.807) is 0 Å². The fourth-order valence-corrected chi connectivity index (χ4v) is 3.13. The quantitative estimate of drug-likeness (QED) is 0.879. The number of benzene rings is 1. The molecule has 2 nitrogen and oxygen atoms in total. The molecule has 0 heterocycles. The van der Waals surface area contributed by atoms with Gasteiger partial charge in [0.2, 0.25) is 0 Å². The average Bonchev–Trinajstić information content (AvgIpc) is 2.41. The molecule has 0 radical (unpaired) electrons. The van der Waals surface area contributed by atoms with E-state index in [-0.39, 0.29) is 0 Å². The Morgan fingerprint density at radius 3 is 2.50 bits per heavy atom. The first kappa shape index (κ1) is 13.4. The number of hydrogen-bond acceptors (Lipinski definition) is 2. The summed E-state index contributed by atoms with van der Waals surface area (Å²) >= 11 is 0. The summed E-state index contributed by atoms with van der Waals surface area (Å²) < 4.78 is 0. The van der Waals surface area contributed by atoms with Crippen molar-refractivity contribution >= 4 is 5.69 Å². The van der Waals surface area contributed by atoms with Gasteiger partial charge in [-0.3, -0.25) is 0 Å². The highest BCUT2D eigenvalue weighted by molar-refractivity contribution is 5.51. The minimum absolute atomic E-state index is 0.641. The Labute approximate surface area is 111 Å². The third-order valence-corrected chi connectivity index (χ3v) is 4.23. The second kappa shape index (κ2) is 6.24. The first-order valence-corrected chi connectivity index (χ1v) is 7.32. The Balaban J connectivity index is 2.18. The van der Waals surface area contributed by atoms with E-state index in [2.05, 4.69) is 36.9 Å². The molecule has 1 aliphatic carbocycles. The third-order valence-electron chi connectivity index (χ3n) is 4.23. The lowest BCUT2D eigenvalue weighted by molar-refractivity contribution is 0.418. The molecule has 0 saturated heterocycles. The van der Waals surface area contributed by atoms with Crippen LogP contribution in [0.4, 0.5) is 5.69 Å². The van der Waals surface area contributed by atoms with Crippen LogP contribution in [0.5, 0.6) is 0 Å². The van der Waals surface area contributed by atoms with E-state index in [4.69, 9.17) is 5.73 Å². The number of nitrogens with zero attached hydrogens (tertiary/aromatic N) is 1. The van der Waals surface area contributed by atoms with Crippen LogP contribution >= 0.6 is 0 Å². The predicted octanol–water partition coefficient (Wildman–Crippen LogP) is 3.61. The molecule has 0 amide bonds. The van der Waals surface area contributed by atoms with Crippen LogP contribution in [0.3, 0.4) is 0 Å². The molecule has 0 bridgehead atoms. The zero-order chi connectivity index (χ0) is 13.0. The average molecular weight is 246 g/mol. The summed E-state index contributed by atoms with van der Waals surface area (Å²) in [6.07, 6.45) is 6.90. The molecule has 18 heavy (non-hydrogen) atoms. The number of rotatable bonds is 4. The van der Waals surface area contributed by atoms with E-state index in [9.17, 15) is 0 Å². The van der Waals surface area contributed by atoms with Gasteiger partial charge in [-0.1, -0.05) is 25.3 Å². The van der Waals surface area contributed by atoms with Crippen molar-refractivity contribution in [1.82, 2.24) is 0 Å². The van der Waals surface area contributed by atoms with Crippen LogP contribution in [0.1, 0.15) is 50.2 Å². The van der Waals surface area contributed by atoms with Crippen molar-refractivity contribution in [2.24, 2.45) is 5.73 Å². The molecule has 0 aliphatic heterocycles. The molecule has 0 atom stereocenters. The van der Waals surface area contributed by atoms with Crippen molar-refractivity contribution in [3.63, 3.8) is 0 Å². The molecule has 0 spiro atoms. The van der Waals surface area contributed by atoms with Gasteiger partial charge in [-0.05, 0) is 49.9 Å². The first-order valence-electron chi connectivity index (χ1n) is 7.32. The smallest absolute Gasteiger partial charge is 0.0371 e. The lowest BCUT2D eigenvalue weighted by atomic mass is 9.93. The maximum absolute atomic E-state index is 5.74. The third kappa shape index (κ3) is 2.86.